The number of anilines is 1. The minimum absolute atomic E-state index is 0.457. The molecule has 3 aromatic rings. The molecule has 2 aromatic carbocycles. The molecule has 21 heavy (non-hydrogen) atoms. The monoisotopic (exact) mass is 280 g/mol. The van der Waals surface area contributed by atoms with E-state index >= 15 is 0 Å². The quantitative estimate of drug-likeness (QED) is 0.724. The second-order valence-corrected chi connectivity index (χ2v) is 4.81. The van der Waals surface area contributed by atoms with E-state index in [0.717, 1.165) is 16.3 Å². The lowest BCUT2D eigenvalue weighted by Crippen LogP contribution is -2.05. The highest BCUT2D eigenvalue weighted by Gasteiger charge is 2.17. The SMILES string of the molecule is COc1cccc(C(O)c2cccc3cnccc23)c1N. The predicted octanol–water partition coefficient (Wildman–Crippen LogP) is 2.91. The number of rotatable bonds is 3. The lowest BCUT2D eigenvalue weighted by molar-refractivity contribution is 0.222. The maximum absolute atomic E-state index is 10.7. The third kappa shape index (κ3) is 2.30. The zero-order valence-corrected chi connectivity index (χ0v) is 11.7. The van der Waals surface area contributed by atoms with Gasteiger partial charge in [-0.1, -0.05) is 30.3 Å². The molecule has 0 amide bonds. The molecule has 3 rings (SSSR count). The Kier molecular flexibility index (Phi) is 3.46. The van der Waals surface area contributed by atoms with Gasteiger partial charge in [0.25, 0.3) is 0 Å². The normalized spacial score (nSPS) is 12.3. The molecular weight excluding hydrogens is 264 g/mol. The molecular formula is C17H16N2O2. The molecule has 1 unspecified atom stereocenters. The Hall–Kier alpha value is -2.59. The summed E-state index contributed by atoms with van der Waals surface area (Å²) in [6.07, 6.45) is 2.68. The first-order valence-electron chi connectivity index (χ1n) is 6.65. The van der Waals surface area contributed by atoms with E-state index in [1.807, 2.05) is 36.4 Å². The Balaban J connectivity index is 2.15. The number of methoxy groups -OCH3 is 1. The minimum atomic E-state index is -0.814. The fraction of sp³-hybridized carbons (Fsp3) is 0.118. The Labute approximate surface area is 122 Å². The summed E-state index contributed by atoms with van der Waals surface area (Å²) in [5, 5.41) is 12.7. The van der Waals surface area contributed by atoms with Crippen LogP contribution in [0.2, 0.25) is 0 Å². The standard InChI is InChI=1S/C17H16N2O2/c1-21-15-7-3-6-14(16(15)18)17(20)13-5-2-4-11-10-19-9-8-12(11)13/h2-10,17,20H,18H2,1H3. The molecule has 0 saturated heterocycles. The lowest BCUT2D eigenvalue weighted by Gasteiger charge is -2.17. The summed E-state index contributed by atoms with van der Waals surface area (Å²) in [6, 6.07) is 13.1. The first-order chi connectivity index (χ1) is 10.2. The number of hydrogen-bond donors (Lipinski definition) is 2. The van der Waals surface area contributed by atoms with Gasteiger partial charge in [-0.25, -0.2) is 0 Å². The van der Waals surface area contributed by atoms with Crippen LogP contribution in [0.4, 0.5) is 5.69 Å². The van der Waals surface area contributed by atoms with E-state index in [1.54, 1.807) is 25.6 Å². The summed E-state index contributed by atoms with van der Waals surface area (Å²) in [6.45, 7) is 0. The molecule has 1 atom stereocenters. The maximum atomic E-state index is 10.7. The van der Waals surface area contributed by atoms with E-state index in [-0.39, 0.29) is 0 Å². The number of nitrogen functional groups attached to an aromatic ring is 1. The number of nitrogens with zero attached hydrogens (tertiary/aromatic N) is 1. The van der Waals surface area contributed by atoms with Crippen LogP contribution in [0.5, 0.6) is 5.75 Å². The van der Waals surface area contributed by atoms with Crippen LogP contribution in [-0.4, -0.2) is 17.2 Å². The highest BCUT2D eigenvalue weighted by Crippen LogP contribution is 2.35. The van der Waals surface area contributed by atoms with Crippen molar-refractivity contribution in [3.63, 3.8) is 0 Å². The van der Waals surface area contributed by atoms with Gasteiger partial charge in [0.15, 0.2) is 0 Å². The van der Waals surface area contributed by atoms with Crippen LogP contribution in [0, 0.1) is 0 Å². The first kappa shape index (κ1) is 13.4. The van der Waals surface area contributed by atoms with Crippen LogP contribution >= 0.6 is 0 Å². The van der Waals surface area contributed by atoms with E-state index in [1.165, 1.54) is 0 Å². The molecule has 0 aliphatic heterocycles. The number of para-hydroxylation sites is 1. The highest BCUT2D eigenvalue weighted by molar-refractivity contribution is 5.85. The molecule has 106 valence electrons. The highest BCUT2D eigenvalue weighted by atomic mass is 16.5. The number of fused-ring (bicyclic) bond motifs is 1. The van der Waals surface area contributed by atoms with Crippen molar-refractivity contribution in [3.05, 3.63) is 66.0 Å². The largest absolute Gasteiger partial charge is 0.495 e. The number of pyridine rings is 1. The van der Waals surface area contributed by atoms with Crippen molar-refractivity contribution in [1.29, 1.82) is 0 Å². The molecule has 4 nitrogen and oxygen atoms in total. The Bertz CT molecular complexity index is 781. The van der Waals surface area contributed by atoms with Crippen LogP contribution in [0.25, 0.3) is 10.8 Å². The predicted molar refractivity (Wildman–Crippen MR) is 83.2 cm³/mol. The molecule has 4 heteroatoms. The third-order valence-electron chi connectivity index (χ3n) is 3.62. The number of benzene rings is 2. The molecule has 0 saturated carbocycles. The van der Waals surface area contributed by atoms with E-state index < -0.39 is 6.10 Å². The van der Waals surface area contributed by atoms with Crippen molar-refractivity contribution in [1.82, 2.24) is 4.98 Å². The number of ether oxygens (including phenoxy) is 1. The Morgan fingerprint density at radius 3 is 2.67 bits per heavy atom. The van der Waals surface area contributed by atoms with Gasteiger partial charge in [0.05, 0.1) is 12.8 Å². The molecule has 0 radical (unpaired) electrons. The van der Waals surface area contributed by atoms with Gasteiger partial charge in [-0.05, 0) is 23.1 Å². The maximum Gasteiger partial charge on any atom is 0.142 e. The zero-order chi connectivity index (χ0) is 14.8. The second kappa shape index (κ2) is 5.42. The van der Waals surface area contributed by atoms with Gasteiger partial charge in [-0.3, -0.25) is 4.98 Å². The molecule has 1 aromatic heterocycles. The van der Waals surface area contributed by atoms with E-state index in [9.17, 15) is 5.11 Å². The molecule has 1 heterocycles. The van der Waals surface area contributed by atoms with Gasteiger partial charge in [0.2, 0.25) is 0 Å². The molecule has 0 aliphatic carbocycles. The molecule has 0 aliphatic rings. The smallest absolute Gasteiger partial charge is 0.142 e. The van der Waals surface area contributed by atoms with Crippen LogP contribution in [-0.2, 0) is 0 Å². The van der Waals surface area contributed by atoms with Crippen molar-refractivity contribution in [3.8, 4) is 5.75 Å². The number of aromatic nitrogens is 1. The summed E-state index contributed by atoms with van der Waals surface area (Å²) in [7, 11) is 1.56. The first-order valence-corrected chi connectivity index (χ1v) is 6.65. The molecule has 3 N–H and O–H groups in total. The molecule has 0 bridgehead atoms. The van der Waals surface area contributed by atoms with Gasteiger partial charge in [-0.15, -0.1) is 0 Å². The van der Waals surface area contributed by atoms with Gasteiger partial charge in [0.1, 0.15) is 11.9 Å². The van der Waals surface area contributed by atoms with Crippen LogP contribution < -0.4 is 10.5 Å². The number of hydrogen-bond acceptors (Lipinski definition) is 4. The van der Waals surface area contributed by atoms with Gasteiger partial charge in [-0.2, -0.15) is 0 Å². The van der Waals surface area contributed by atoms with Gasteiger partial charge < -0.3 is 15.6 Å². The van der Waals surface area contributed by atoms with Crippen LogP contribution in [0.15, 0.2) is 54.9 Å². The van der Waals surface area contributed by atoms with Crippen molar-refractivity contribution < 1.29 is 9.84 Å². The van der Waals surface area contributed by atoms with Crippen molar-refractivity contribution in [2.45, 2.75) is 6.10 Å². The molecule has 0 spiro atoms. The Morgan fingerprint density at radius 1 is 1.10 bits per heavy atom. The average Bonchev–Trinajstić information content (AvgIpc) is 2.54. The lowest BCUT2D eigenvalue weighted by atomic mass is 9.95. The summed E-state index contributed by atoms with van der Waals surface area (Å²) in [5.41, 5.74) is 7.97. The summed E-state index contributed by atoms with van der Waals surface area (Å²) < 4.78 is 5.21. The van der Waals surface area contributed by atoms with E-state index in [4.69, 9.17) is 10.5 Å². The van der Waals surface area contributed by atoms with E-state index in [0.29, 0.717) is 17.0 Å². The van der Waals surface area contributed by atoms with E-state index in [2.05, 4.69) is 4.98 Å². The summed E-state index contributed by atoms with van der Waals surface area (Å²) in [5.74, 6) is 0.563. The number of nitrogens with two attached hydrogens (primary N) is 1. The van der Waals surface area contributed by atoms with Crippen LogP contribution in [0.1, 0.15) is 17.2 Å². The van der Waals surface area contributed by atoms with Crippen LogP contribution in [0.3, 0.4) is 0 Å². The third-order valence-corrected chi connectivity index (χ3v) is 3.62. The van der Waals surface area contributed by atoms with Crippen molar-refractivity contribution >= 4 is 16.5 Å². The zero-order valence-electron chi connectivity index (χ0n) is 11.7. The van der Waals surface area contributed by atoms with Gasteiger partial charge >= 0.3 is 0 Å². The minimum Gasteiger partial charge on any atom is -0.495 e. The second-order valence-electron chi connectivity index (χ2n) is 4.81. The fourth-order valence-electron chi connectivity index (χ4n) is 2.53. The number of aliphatic hydroxyl groups excluding tert-OH is 1. The summed E-state index contributed by atoms with van der Waals surface area (Å²) >= 11 is 0. The average molecular weight is 280 g/mol. The topological polar surface area (TPSA) is 68.4 Å². The number of aliphatic hydroxyl groups is 1. The summed E-state index contributed by atoms with van der Waals surface area (Å²) in [4.78, 5) is 4.10. The van der Waals surface area contributed by atoms with Gasteiger partial charge in [0, 0.05) is 23.3 Å². The van der Waals surface area contributed by atoms with Crippen molar-refractivity contribution in [2.24, 2.45) is 0 Å². The fourth-order valence-corrected chi connectivity index (χ4v) is 2.53. The van der Waals surface area contributed by atoms with Crippen molar-refractivity contribution in [2.75, 3.05) is 12.8 Å². The molecule has 0 fully saturated rings. The Morgan fingerprint density at radius 2 is 1.86 bits per heavy atom.